The van der Waals surface area contributed by atoms with E-state index in [9.17, 15) is 9.59 Å². The number of ketones is 1. The maximum absolute atomic E-state index is 13.5. The number of amides is 1. The third kappa shape index (κ3) is 3.65. The molecule has 2 aliphatic rings. The molecular formula is C25H26ClNO3. The Bertz CT molecular complexity index is 1040. The van der Waals surface area contributed by atoms with Crippen LogP contribution in [0.3, 0.4) is 0 Å². The van der Waals surface area contributed by atoms with Crippen molar-refractivity contribution in [3.05, 3.63) is 70.4 Å². The highest BCUT2D eigenvalue weighted by atomic mass is 35.5. The van der Waals surface area contributed by atoms with Crippen LogP contribution in [-0.2, 0) is 9.59 Å². The lowest BCUT2D eigenvalue weighted by molar-refractivity contribution is -0.121. The lowest BCUT2D eigenvalue weighted by Crippen LogP contribution is -2.43. The number of rotatable bonds is 4. The predicted molar refractivity (Wildman–Crippen MR) is 119 cm³/mol. The lowest BCUT2D eigenvalue weighted by atomic mass is 9.69. The van der Waals surface area contributed by atoms with Gasteiger partial charge < -0.3 is 4.74 Å². The Kier molecular flexibility index (Phi) is 5.46. The third-order valence-corrected chi connectivity index (χ3v) is 6.15. The molecule has 0 aromatic heterocycles. The number of halogens is 1. The van der Waals surface area contributed by atoms with Crippen LogP contribution in [0.2, 0.25) is 5.02 Å². The molecule has 0 spiro atoms. The van der Waals surface area contributed by atoms with E-state index in [2.05, 4.69) is 13.8 Å². The molecule has 5 heteroatoms. The van der Waals surface area contributed by atoms with Gasteiger partial charge in [0.25, 0.3) is 0 Å². The monoisotopic (exact) mass is 423 g/mol. The van der Waals surface area contributed by atoms with Crippen LogP contribution in [0.5, 0.6) is 5.75 Å². The molecule has 0 radical (unpaired) electrons. The molecule has 1 atom stereocenters. The van der Waals surface area contributed by atoms with Crippen LogP contribution in [0.1, 0.15) is 51.5 Å². The average Bonchev–Trinajstić information content (AvgIpc) is 2.68. The highest BCUT2D eigenvalue weighted by Gasteiger charge is 2.45. The second-order valence-electron chi connectivity index (χ2n) is 8.71. The summed E-state index contributed by atoms with van der Waals surface area (Å²) in [6.45, 7) is 6.60. The number of carbonyl (C=O) groups is 2. The van der Waals surface area contributed by atoms with E-state index < -0.39 is 0 Å². The molecular weight excluding hydrogens is 398 g/mol. The summed E-state index contributed by atoms with van der Waals surface area (Å²) < 4.78 is 5.83. The Labute approximate surface area is 182 Å². The van der Waals surface area contributed by atoms with Gasteiger partial charge in [0.15, 0.2) is 5.78 Å². The maximum Gasteiger partial charge on any atom is 0.232 e. The number of allylic oxidation sites excluding steroid dienone is 2. The predicted octanol–water partition coefficient (Wildman–Crippen LogP) is 5.90. The summed E-state index contributed by atoms with van der Waals surface area (Å²) in [5.74, 6) is 0.469. The van der Waals surface area contributed by atoms with Gasteiger partial charge in [0.2, 0.25) is 5.91 Å². The summed E-state index contributed by atoms with van der Waals surface area (Å²) in [4.78, 5) is 28.5. The molecule has 4 nitrogen and oxygen atoms in total. The zero-order valence-electron chi connectivity index (χ0n) is 17.6. The number of para-hydroxylation sites is 2. The maximum atomic E-state index is 13.5. The highest BCUT2D eigenvalue weighted by Crippen LogP contribution is 2.50. The van der Waals surface area contributed by atoms with Gasteiger partial charge in [-0.2, -0.15) is 0 Å². The zero-order valence-corrected chi connectivity index (χ0v) is 18.3. The largest absolute Gasteiger partial charge is 0.494 e. The van der Waals surface area contributed by atoms with E-state index >= 15 is 0 Å². The fraction of sp³-hybridized carbons (Fsp3) is 0.360. The van der Waals surface area contributed by atoms with Gasteiger partial charge in [-0.3, -0.25) is 14.5 Å². The van der Waals surface area contributed by atoms with Crippen molar-refractivity contribution in [1.82, 2.24) is 0 Å². The number of hydrogen-bond donors (Lipinski definition) is 0. The molecule has 0 N–H and O–H groups in total. The first kappa shape index (κ1) is 20.7. The molecule has 1 aliphatic heterocycles. The third-order valence-electron chi connectivity index (χ3n) is 5.83. The summed E-state index contributed by atoms with van der Waals surface area (Å²) in [5.41, 5.74) is 2.81. The van der Waals surface area contributed by atoms with E-state index in [1.165, 1.54) is 0 Å². The number of nitrogens with zero attached hydrogens (tertiary/aromatic N) is 1. The van der Waals surface area contributed by atoms with Gasteiger partial charge in [0.05, 0.1) is 17.3 Å². The Morgan fingerprint density at radius 2 is 1.77 bits per heavy atom. The second kappa shape index (κ2) is 7.92. The van der Waals surface area contributed by atoms with Crippen LogP contribution in [0.15, 0.2) is 59.8 Å². The highest BCUT2D eigenvalue weighted by molar-refractivity contribution is 6.34. The number of benzene rings is 2. The first-order valence-corrected chi connectivity index (χ1v) is 10.8. The van der Waals surface area contributed by atoms with Crippen molar-refractivity contribution >= 4 is 29.0 Å². The van der Waals surface area contributed by atoms with E-state index in [0.29, 0.717) is 30.2 Å². The fourth-order valence-electron chi connectivity index (χ4n) is 4.65. The second-order valence-corrected chi connectivity index (χ2v) is 9.12. The fourth-order valence-corrected chi connectivity index (χ4v) is 4.87. The molecule has 0 bridgehead atoms. The summed E-state index contributed by atoms with van der Waals surface area (Å²) in [7, 11) is 0. The topological polar surface area (TPSA) is 46.6 Å². The standard InChI is InChI=1S/C25H26ClNO3/c1-4-30-22-12-8-5-9-16(22)17-13-23(29)27(19-11-7-6-10-18(19)26)20-14-25(2,3)15-21(28)24(17)20/h5-12,17H,4,13-15H2,1-3H3. The number of hydrogen-bond acceptors (Lipinski definition) is 3. The van der Waals surface area contributed by atoms with E-state index in [4.69, 9.17) is 16.3 Å². The van der Waals surface area contributed by atoms with Crippen molar-refractivity contribution in [2.24, 2.45) is 5.41 Å². The van der Waals surface area contributed by atoms with Crippen LogP contribution in [0.25, 0.3) is 0 Å². The van der Waals surface area contributed by atoms with Gasteiger partial charge in [0.1, 0.15) is 5.75 Å². The smallest absolute Gasteiger partial charge is 0.232 e. The molecule has 1 heterocycles. The van der Waals surface area contributed by atoms with Crippen LogP contribution in [0.4, 0.5) is 5.69 Å². The van der Waals surface area contributed by atoms with E-state index in [1.807, 2.05) is 49.4 Å². The summed E-state index contributed by atoms with van der Waals surface area (Å²) in [6, 6.07) is 15.0. The van der Waals surface area contributed by atoms with Crippen LogP contribution in [-0.4, -0.2) is 18.3 Å². The minimum Gasteiger partial charge on any atom is -0.494 e. The van der Waals surface area contributed by atoms with Crippen molar-refractivity contribution in [3.8, 4) is 5.75 Å². The van der Waals surface area contributed by atoms with Gasteiger partial charge in [-0.15, -0.1) is 0 Å². The average molecular weight is 424 g/mol. The SMILES string of the molecule is CCOc1ccccc1C1CC(=O)N(c2ccccc2Cl)C2=C1C(=O)CC(C)(C)C2. The van der Waals surface area contributed by atoms with Gasteiger partial charge >= 0.3 is 0 Å². The molecule has 2 aromatic carbocycles. The van der Waals surface area contributed by atoms with Gasteiger partial charge in [-0.05, 0) is 37.0 Å². The van der Waals surface area contributed by atoms with E-state index in [1.54, 1.807) is 11.0 Å². The van der Waals surface area contributed by atoms with Crippen molar-refractivity contribution in [1.29, 1.82) is 0 Å². The molecule has 156 valence electrons. The minimum absolute atomic E-state index is 0.0522. The number of Topliss-reactive ketones (excluding diaryl/α,β-unsaturated/α-hetero) is 1. The van der Waals surface area contributed by atoms with Gasteiger partial charge in [-0.1, -0.05) is 55.8 Å². The minimum atomic E-state index is -0.308. The van der Waals surface area contributed by atoms with Crippen molar-refractivity contribution in [2.45, 2.75) is 46.0 Å². The molecule has 30 heavy (non-hydrogen) atoms. The molecule has 0 saturated carbocycles. The Morgan fingerprint density at radius 3 is 2.50 bits per heavy atom. The normalized spacial score (nSPS) is 20.9. The van der Waals surface area contributed by atoms with Gasteiger partial charge in [-0.25, -0.2) is 0 Å². The van der Waals surface area contributed by atoms with Gasteiger partial charge in [0, 0.05) is 35.6 Å². The molecule has 1 amide bonds. The number of anilines is 1. The van der Waals surface area contributed by atoms with Crippen molar-refractivity contribution in [3.63, 3.8) is 0 Å². The van der Waals surface area contributed by atoms with E-state index in [-0.39, 0.29) is 29.4 Å². The molecule has 2 aromatic rings. The summed E-state index contributed by atoms with van der Waals surface area (Å²) in [5, 5.41) is 0.502. The molecule has 1 unspecified atom stereocenters. The van der Waals surface area contributed by atoms with Crippen LogP contribution < -0.4 is 9.64 Å². The summed E-state index contributed by atoms with van der Waals surface area (Å²) >= 11 is 6.46. The lowest BCUT2D eigenvalue weighted by Gasteiger charge is -2.43. The first-order chi connectivity index (χ1) is 14.3. The molecule has 4 rings (SSSR count). The molecule has 0 saturated heterocycles. The van der Waals surface area contributed by atoms with Crippen molar-refractivity contribution in [2.75, 3.05) is 11.5 Å². The van der Waals surface area contributed by atoms with Crippen LogP contribution >= 0.6 is 11.6 Å². The molecule has 0 fully saturated rings. The molecule has 1 aliphatic carbocycles. The Morgan fingerprint density at radius 1 is 1.07 bits per heavy atom. The van der Waals surface area contributed by atoms with E-state index in [0.717, 1.165) is 22.6 Å². The summed E-state index contributed by atoms with van der Waals surface area (Å²) in [6.07, 6.45) is 1.31. The quantitative estimate of drug-likeness (QED) is 0.614. The Hall–Kier alpha value is -2.59. The van der Waals surface area contributed by atoms with Crippen molar-refractivity contribution < 1.29 is 14.3 Å². The Balaban J connectivity index is 1.92. The zero-order chi connectivity index (χ0) is 21.5. The number of carbonyl (C=O) groups excluding carboxylic acids is 2. The van der Waals surface area contributed by atoms with Crippen LogP contribution in [0, 0.1) is 5.41 Å². The first-order valence-electron chi connectivity index (χ1n) is 10.4. The number of ether oxygens (including phenoxy) is 1.